The molecule has 16 heteroatoms. The Kier molecular flexibility index (Phi) is 8.91. The van der Waals surface area contributed by atoms with Crippen molar-refractivity contribution in [3.8, 4) is 0 Å². The van der Waals surface area contributed by atoms with Gasteiger partial charge in [-0.1, -0.05) is 36.4 Å². The second kappa shape index (κ2) is 11.8. The van der Waals surface area contributed by atoms with E-state index in [1.165, 1.54) is 36.4 Å². The molecule has 0 aliphatic rings. The molecule has 0 aromatic heterocycles. The van der Waals surface area contributed by atoms with E-state index in [9.17, 15) is 57.1 Å². The first-order valence-electron chi connectivity index (χ1n) is 12.3. The molecule has 0 amide bonds. The van der Waals surface area contributed by atoms with Gasteiger partial charge in [0, 0.05) is 25.8 Å². The Bertz CT molecular complexity index is 1720. The fourth-order valence-electron chi connectivity index (χ4n) is 4.01. The third-order valence-electron chi connectivity index (χ3n) is 6.33. The molecule has 0 saturated carbocycles. The van der Waals surface area contributed by atoms with E-state index < -0.39 is 55.3 Å². The maximum absolute atomic E-state index is 15.0. The maximum atomic E-state index is 15.0. The van der Waals surface area contributed by atoms with E-state index in [0.29, 0.717) is 0 Å². The Hall–Kier alpha value is -3.89. The van der Waals surface area contributed by atoms with Crippen LogP contribution in [0.15, 0.2) is 124 Å². The number of halogens is 10. The predicted molar refractivity (Wildman–Crippen MR) is 142 cm³/mol. The molecule has 0 saturated heterocycles. The quantitative estimate of drug-likeness (QED) is 0.124. The standard InChI is InChI=1S/C29H18F10O4S2/c30-21-15-11-19(12-16-21)25(40)20-13-17-24(18-14-20)44(22-7-3-1-4-8-22,23-9-5-2-6-10-23)43-45(41,42)29(38,39)27(33,34)26(31,32)28(35,36)37/h1-18H. The van der Waals surface area contributed by atoms with Crippen LogP contribution in [0.1, 0.15) is 15.9 Å². The van der Waals surface area contributed by atoms with Gasteiger partial charge in [0.15, 0.2) is 5.78 Å². The largest absolute Gasteiger partial charge is 0.460 e. The summed E-state index contributed by atoms with van der Waals surface area (Å²) in [5, 5.41) is -7.13. The van der Waals surface area contributed by atoms with Crippen LogP contribution in [0.2, 0.25) is 0 Å². The van der Waals surface area contributed by atoms with Crippen LogP contribution in [0.5, 0.6) is 0 Å². The van der Waals surface area contributed by atoms with Crippen molar-refractivity contribution in [3.63, 3.8) is 0 Å². The van der Waals surface area contributed by atoms with Crippen molar-refractivity contribution in [2.45, 2.75) is 38.0 Å². The van der Waals surface area contributed by atoms with Gasteiger partial charge in [-0.05, 0) is 83.1 Å². The summed E-state index contributed by atoms with van der Waals surface area (Å²) >= 11 is 0. The lowest BCUT2D eigenvalue weighted by atomic mass is 10.0. The molecule has 0 spiro atoms. The zero-order chi connectivity index (χ0) is 33.5. The van der Waals surface area contributed by atoms with Gasteiger partial charge < -0.3 is 0 Å². The molecule has 45 heavy (non-hydrogen) atoms. The third kappa shape index (κ3) is 5.81. The molecule has 0 aliphatic carbocycles. The lowest BCUT2D eigenvalue weighted by Crippen LogP contribution is -2.63. The molecule has 240 valence electrons. The van der Waals surface area contributed by atoms with Gasteiger partial charge >= 0.3 is 33.4 Å². The summed E-state index contributed by atoms with van der Waals surface area (Å²) < 4.78 is 168. The number of benzene rings is 4. The lowest BCUT2D eigenvalue weighted by Gasteiger charge is -2.41. The minimum Gasteiger partial charge on any atom is -0.289 e. The van der Waals surface area contributed by atoms with Gasteiger partial charge in [-0.25, -0.2) is 8.02 Å². The van der Waals surface area contributed by atoms with E-state index in [1.807, 2.05) is 0 Å². The van der Waals surface area contributed by atoms with E-state index in [4.69, 9.17) is 3.63 Å². The number of alkyl halides is 9. The smallest absolute Gasteiger partial charge is 0.289 e. The van der Waals surface area contributed by atoms with Gasteiger partial charge in [0.05, 0.1) is 0 Å². The van der Waals surface area contributed by atoms with Crippen molar-refractivity contribution in [1.82, 2.24) is 0 Å². The molecular formula is C29H18F10O4S2. The highest BCUT2D eigenvalue weighted by molar-refractivity contribution is 8.33. The summed E-state index contributed by atoms with van der Waals surface area (Å²) in [5.41, 5.74) is -0.0792. The molecule has 0 N–H and O–H groups in total. The molecule has 0 heterocycles. The van der Waals surface area contributed by atoms with Gasteiger partial charge in [-0.2, -0.15) is 47.9 Å². The second-order valence-corrected chi connectivity index (χ2v) is 13.7. The van der Waals surface area contributed by atoms with E-state index in [-0.39, 0.29) is 25.8 Å². The minimum absolute atomic E-state index is 0.0140. The summed E-state index contributed by atoms with van der Waals surface area (Å²) in [5.74, 6) is -16.3. The van der Waals surface area contributed by atoms with E-state index >= 15 is 0 Å². The number of carbonyl (C=O) groups is 1. The summed E-state index contributed by atoms with van der Waals surface area (Å²) in [4.78, 5) is 12.0. The summed E-state index contributed by atoms with van der Waals surface area (Å²) in [6.07, 6.45) is -7.27. The van der Waals surface area contributed by atoms with Crippen LogP contribution in [0.4, 0.5) is 43.9 Å². The molecular weight excluding hydrogens is 666 g/mol. The number of hydrogen-bond donors (Lipinski definition) is 0. The van der Waals surface area contributed by atoms with Crippen molar-refractivity contribution in [2.24, 2.45) is 0 Å². The molecule has 0 bridgehead atoms. The van der Waals surface area contributed by atoms with Gasteiger partial charge in [0.2, 0.25) is 0 Å². The first-order valence-corrected chi connectivity index (χ1v) is 15.3. The Morgan fingerprint density at radius 3 is 1.31 bits per heavy atom. The van der Waals surface area contributed by atoms with Crippen LogP contribution in [0.3, 0.4) is 0 Å². The van der Waals surface area contributed by atoms with E-state index in [2.05, 4.69) is 0 Å². The maximum Gasteiger partial charge on any atom is 0.460 e. The van der Waals surface area contributed by atoms with Crippen molar-refractivity contribution < 1.29 is 60.7 Å². The van der Waals surface area contributed by atoms with Gasteiger partial charge in [0.1, 0.15) is 5.82 Å². The molecule has 0 radical (unpaired) electrons. The molecule has 4 aromatic rings. The molecule has 0 atom stereocenters. The normalized spacial score (nSPS) is 13.8. The van der Waals surface area contributed by atoms with Gasteiger partial charge in [-0.3, -0.25) is 4.79 Å². The Balaban J connectivity index is 1.95. The van der Waals surface area contributed by atoms with Crippen molar-refractivity contribution in [1.29, 1.82) is 0 Å². The first kappa shape index (κ1) is 34.0. The van der Waals surface area contributed by atoms with E-state index in [0.717, 1.165) is 72.8 Å². The third-order valence-corrected chi connectivity index (χ3v) is 11.6. The Morgan fingerprint density at radius 1 is 0.533 bits per heavy atom. The molecule has 0 aliphatic heterocycles. The topological polar surface area (TPSA) is 60.4 Å². The van der Waals surface area contributed by atoms with Crippen LogP contribution in [0.25, 0.3) is 0 Å². The van der Waals surface area contributed by atoms with Gasteiger partial charge in [0.25, 0.3) is 0 Å². The molecule has 4 rings (SSSR count). The number of rotatable bonds is 10. The zero-order valence-electron chi connectivity index (χ0n) is 22.1. The van der Waals surface area contributed by atoms with Crippen LogP contribution >= 0.6 is 10.3 Å². The van der Waals surface area contributed by atoms with Crippen LogP contribution in [-0.2, 0) is 13.7 Å². The summed E-state index contributed by atoms with van der Waals surface area (Å²) in [6.45, 7) is 0. The zero-order valence-corrected chi connectivity index (χ0v) is 23.8. The fourth-order valence-corrected chi connectivity index (χ4v) is 9.23. The Morgan fingerprint density at radius 2 is 0.911 bits per heavy atom. The Labute approximate surface area is 250 Å². The number of carbonyl (C=O) groups excluding carboxylic acids is 1. The second-order valence-electron chi connectivity index (χ2n) is 9.23. The van der Waals surface area contributed by atoms with E-state index in [1.54, 1.807) is 0 Å². The lowest BCUT2D eigenvalue weighted by molar-refractivity contribution is -0.382. The highest BCUT2D eigenvalue weighted by atomic mass is 32.3. The molecule has 0 fully saturated rings. The average Bonchev–Trinajstić information content (AvgIpc) is 3.00. The number of ketones is 1. The summed E-state index contributed by atoms with van der Waals surface area (Å²) in [6, 6.07) is 20.9. The summed E-state index contributed by atoms with van der Waals surface area (Å²) in [7, 11) is -11.6. The van der Waals surface area contributed by atoms with Crippen LogP contribution in [0, 0.1) is 5.82 Å². The first-order chi connectivity index (χ1) is 20.8. The van der Waals surface area contributed by atoms with Crippen molar-refractivity contribution in [2.75, 3.05) is 0 Å². The average molecular weight is 685 g/mol. The number of hydrogen-bond acceptors (Lipinski definition) is 4. The molecule has 4 aromatic carbocycles. The monoisotopic (exact) mass is 684 g/mol. The van der Waals surface area contributed by atoms with Crippen LogP contribution in [-0.4, -0.2) is 37.5 Å². The fraction of sp³-hybridized carbons (Fsp3) is 0.138. The highest BCUT2D eigenvalue weighted by Crippen LogP contribution is 2.71. The molecule has 0 unspecified atom stereocenters. The predicted octanol–water partition coefficient (Wildman–Crippen LogP) is 9.03. The van der Waals surface area contributed by atoms with Crippen LogP contribution < -0.4 is 0 Å². The van der Waals surface area contributed by atoms with Crippen molar-refractivity contribution >= 4 is 26.2 Å². The highest BCUT2D eigenvalue weighted by Gasteiger charge is 2.86. The minimum atomic E-state index is -7.53. The van der Waals surface area contributed by atoms with Crippen molar-refractivity contribution in [3.05, 3.63) is 126 Å². The van der Waals surface area contributed by atoms with Gasteiger partial charge in [-0.15, -0.1) is 0 Å². The SMILES string of the molecule is O=C(c1ccc(F)cc1)c1ccc(S(OS(=O)(=O)C(F)(F)C(F)(F)C(F)(F)C(F)(F)F)(c2ccccc2)c2ccccc2)cc1. The molecule has 4 nitrogen and oxygen atoms in total.